The van der Waals surface area contributed by atoms with Crippen LogP contribution in [-0.4, -0.2) is 20.1 Å². The van der Waals surface area contributed by atoms with E-state index in [-0.39, 0.29) is 0 Å². The van der Waals surface area contributed by atoms with Crippen LogP contribution < -0.4 is 15.4 Å². The Labute approximate surface area is 170 Å². The molecule has 4 aromatic rings. The number of anilines is 1. The van der Waals surface area contributed by atoms with E-state index < -0.39 is 0 Å². The minimum Gasteiger partial charge on any atom is -0.496 e. The van der Waals surface area contributed by atoms with Gasteiger partial charge in [-0.15, -0.1) is 0 Å². The molecule has 144 valence electrons. The van der Waals surface area contributed by atoms with E-state index in [2.05, 4.69) is 48.5 Å². The van der Waals surface area contributed by atoms with Gasteiger partial charge >= 0.3 is 0 Å². The van der Waals surface area contributed by atoms with Crippen LogP contribution in [0, 0.1) is 0 Å². The lowest BCUT2D eigenvalue weighted by molar-refractivity contribution is 0.420. The van der Waals surface area contributed by atoms with Crippen LogP contribution in [0.2, 0.25) is 0 Å². The van der Waals surface area contributed by atoms with Gasteiger partial charge in [0.25, 0.3) is 0 Å². The largest absolute Gasteiger partial charge is 0.496 e. The molecule has 4 aromatic carbocycles. The summed E-state index contributed by atoms with van der Waals surface area (Å²) in [6.07, 6.45) is 2.08. The van der Waals surface area contributed by atoms with Crippen molar-refractivity contribution in [2.24, 2.45) is 10.7 Å². The fourth-order valence-corrected chi connectivity index (χ4v) is 4.30. The highest BCUT2D eigenvalue weighted by molar-refractivity contribution is 6.01. The van der Waals surface area contributed by atoms with Crippen LogP contribution in [0.1, 0.15) is 11.1 Å². The van der Waals surface area contributed by atoms with E-state index in [1.165, 1.54) is 21.9 Å². The lowest BCUT2D eigenvalue weighted by atomic mass is 10.0. The van der Waals surface area contributed by atoms with Crippen molar-refractivity contribution in [2.75, 3.05) is 19.1 Å². The molecule has 0 bridgehead atoms. The summed E-state index contributed by atoms with van der Waals surface area (Å²) in [6, 6.07) is 23.0. The Kier molecular flexibility index (Phi) is 4.13. The molecule has 0 saturated heterocycles. The molecule has 0 fully saturated rings. The van der Waals surface area contributed by atoms with Crippen LogP contribution in [0.25, 0.3) is 21.5 Å². The Balaban J connectivity index is 1.56. The number of aryl methyl sites for hydroxylation is 2. The van der Waals surface area contributed by atoms with Gasteiger partial charge in [-0.25, -0.2) is 4.99 Å². The monoisotopic (exact) mass is 381 g/mol. The van der Waals surface area contributed by atoms with E-state index in [0.29, 0.717) is 5.96 Å². The molecule has 0 spiro atoms. The molecular formula is C25H23N3O. The summed E-state index contributed by atoms with van der Waals surface area (Å²) >= 11 is 0. The Morgan fingerprint density at radius 2 is 1.79 bits per heavy atom. The molecule has 0 amide bonds. The maximum atomic E-state index is 6.44. The molecule has 1 aliphatic rings. The van der Waals surface area contributed by atoms with Gasteiger partial charge in [0, 0.05) is 24.2 Å². The quantitative estimate of drug-likeness (QED) is 0.393. The molecule has 0 heterocycles. The predicted octanol–water partition coefficient (Wildman–Crippen LogP) is 5.18. The summed E-state index contributed by atoms with van der Waals surface area (Å²) in [5, 5.41) is 4.81. The number of nitrogens with two attached hydrogens (primary N) is 1. The Bertz CT molecular complexity index is 1280. The van der Waals surface area contributed by atoms with Gasteiger partial charge in [-0.1, -0.05) is 48.5 Å². The van der Waals surface area contributed by atoms with Gasteiger partial charge in [0.2, 0.25) is 5.96 Å². The molecule has 1 aliphatic carbocycles. The highest BCUT2D eigenvalue weighted by Crippen LogP contribution is 2.37. The minimum absolute atomic E-state index is 0.460. The van der Waals surface area contributed by atoms with Crippen molar-refractivity contribution in [1.29, 1.82) is 0 Å². The van der Waals surface area contributed by atoms with Crippen LogP contribution in [0.15, 0.2) is 71.7 Å². The molecule has 0 unspecified atom stereocenters. The number of hydrogen-bond acceptors (Lipinski definition) is 2. The number of methoxy groups -OCH3 is 1. The van der Waals surface area contributed by atoms with Gasteiger partial charge in [0.05, 0.1) is 12.8 Å². The molecule has 0 saturated carbocycles. The molecule has 0 radical (unpaired) electrons. The summed E-state index contributed by atoms with van der Waals surface area (Å²) in [4.78, 5) is 6.71. The Morgan fingerprint density at radius 1 is 0.966 bits per heavy atom. The van der Waals surface area contributed by atoms with Gasteiger partial charge < -0.3 is 15.4 Å². The number of benzene rings is 4. The number of guanidine groups is 1. The summed E-state index contributed by atoms with van der Waals surface area (Å²) in [5.41, 5.74) is 11.0. The zero-order valence-corrected chi connectivity index (χ0v) is 16.6. The summed E-state index contributed by atoms with van der Waals surface area (Å²) < 4.78 is 5.60. The van der Waals surface area contributed by atoms with Crippen molar-refractivity contribution in [1.82, 2.24) is 0 Å². The third-order valence-corrected chi connectivity index (χ3v) is 5.85. The van der Waals surface area contributed by atoms with Crippen molar-refractivity contribution in [3.63, 3.8) is 0 Å². The zero-order valence-electron chi connectivity index (χ0n) is 16.6. The standard InChI is InChI=1S/C25H23N3O/c1-28(19-14-18-6-3-4-9-20(18)23(15-19)29-2)25(26)27-22-13-11-17-8-5-7-16-10-12-21(22)24(16)17/h3-9,11,13-15H,10,12H2,1-2H3,(H2,26,27). The normalized spacial score (nSPS) is 13.2. The van der Waals surface area contributed by atoms with Crippen molar-refractivity contribution in [3.05, 3.63) is 77.9 Å². The topological polar surface area (TPSA) is 50.9 Å². The van der Waals surface area contributed by atoms with Crippen molar-refractivity contribution >= 4 is 38.9 Å². The first-order valence-electron chi connectivity index (χ1n) is 9.84. The third-order valence-electron chi connectivity index (χ3n) is 5.85. The fraction of sp³-hybridized carbons (Fsp3) is 0.160. The first kappa shape index (κ1) is 17.6. The molecule has 5 rings (SSSR count). The van der Waals surface area contributed by atoms with E-state index in [9.17, 15) is 0 Å². The zero-order chi connectivity index (χ0) is 20.0. The van der Waals surface area contributed by atoms with E-state index in [1.54, 1.807) is 7.11 Å². The molecule has 2 N–H and O–H groups in total. The number of hydrogen-bond donors (Lipinski definition) is 1. The smallest absolute Gasteiger partial charge is 0.200 e. The van der Waals surface area contributed by atoms with Crippen molar-refractivity contribution in [3.8, 4) is 5.75 Å². The van der Waals surface area contributed by atoms with E-state index in [4.69, 9.17) is 15.5 Å². The molecule has 4 heteroatoms. The van der Waals surface area contributed by atoms with Crippen LogP contribution in [0.5, 0.6) is 5.75 Å². The number of nitrogens with zero attached hydrogens (tertiary/aromatic N) is 2. The van der Waals surface area contributed by atoms with Crippen LogP contribution in [0.4, 0.5) is 11.4 Å². The average molecular weight is 381 g/mol. The second kappa shape index (κ2) is 6.82. The second-order valence-corrected chi connectivity index (χ2v) is 7.48. The van der Waals surface area contributed by atoms with Crippen LogP contribution in [-0.2, 0) is 12.8 Å². The minimum atomic E-state index is 0.460. The average Bonchev–Trinajstić information content (AvgIpc) is 3.20. The number of rotatable bonds is 3. The van der Waals surface area contributed by atoms with Gasteiger partial charge in [-0.2, -0.15) is 0 Å². The number of fused-ring (bicyclic) bond motifs is 1. The first-order chi connectivity index (χ1) is 14.2. The fourth-order valence-electron chi connectivity index (χ4n) is 4.30. The van der Waals surface area contributed by atoms with Gasteiger partial charge in [-0.05, 0) is 52.3 Å². The maximum Gasteiger partial charge on any atom is 0.200 e. The third kappa shape index (κ3) is 2.88. The van der Waals surface area contributed by atoms with Gasteiger partial charge in [-0.3, -0.25) is 0 Å². The summed E-state index contributed by atoms with van der Waals surface area (Å²) in [5.74, 6) is 1.29. The number of ether oxygens (including phenoxy) is 1. The van der Waals surface area contributed by atoms with E-state index in [0.717, 1.165) is 40.7 Å². The number of aliphatic imine (C=N–C) groups is 1. The van der Waals surface area contributed by atoms with Crippen LogP contribution >= 0.6 is 0 Å². The molecule has 0 aliphatic heterocycles. The highest BCUT2D eigenvalue weighted by Gasteiger charge is 2.18. The lowest BCUT2D eigenvalue weighted by Crippen LogP contribution is -2.33. The maximum absolute atomic E-state index is 6.44. The molecule has 4 nitrogen and oxygen atoms in total. The van der Waals surface area contributed by atoms with Crippen molar-refractivity contribution in [2.45, 2.75) is 12.8 Å². The molecular weight excluding hydrogens is 358 g/mol. The van der Waals surface area contributed by atoms with Gasteiger partial charge in [0.15, 0.2) is 0 Å². The van der Waals surface area contributed by atoms with Crippen LogP contribution in [0.3, 0.4) is 0 Å². The highest BCUT2D eigenvalue weighted by atomic mass is 16.5. The first-order valence-corrected chi connectivity index (χ1v) is 9.84. The molecule has 29 heavy (non-hydrogen) atoms. The van der Waals surface area contributed by atoms with E-state index >= 15 is 0 Å². The predicted molar refractivity (Wildman–Crippen MR) is 122 cm³/mol. The van der Waals surface area contributed by atoms with Crippen molar-refractivity contribution < 1.29 is 4.74 Å². The SMILES string of the molecule is COc1cc(N(C)C(N)=Nc2ccc3cccc4c3c2CC4)cc2ccccc12. The Morgan fingerprint density at radius 3 is 2.66 bits per heavy atom. The Hall–Kier alpha value is -3.53. The second-order valence-electron chi connectivity index (χ2n) is 7.48. The van der Waals surface area contributed by atoms with Gasteiger partial charge in [0.1, 0.15) is 5.75 Å². The molecule has 0 aromatic heterocycles. The van der Waals surface area contributed by atoms with E-state index in [1.807, 2.05) is 30.1 Å². The summed E-state index contributed by atoms with van der Waals surface area (Å²) in [7, 11) is 3.63. The molecule has 0 atom stereocenters. The summed E-state index contributed by atoms with van der Waals surface area (Å²) in [6.45, 7) is 0. The lowest BCUT2D eigenvalue weighted by Gasteiger charge is -2.20.